The summed E-state index contributed by atoms with van der Waals surface area (Å²) in [6, 6.07) is 4.51. The van der Waals surface area contributed by atoms with Crippen molar-refractivity contribution < 1.29 is 14.2 Å². The highest BCUT2D eigenvalue weighted by Gasteiger charge is 2.27. The van der Waals surface area contributed by atoms with E-state index < -0.39 is 0 Å². The van der Waals surface area contributed by atoms with Crippen molar-refractivity contribution in [2.45, 2.75) is 24.9 Å². The van der Waals surface area contributed by atoms with Crippen LogP contribution in [0.3, 0.4) is 0 Å². The average Bonchev–Trinajstić information content (AvgIpc) is 2.98. The fourth-order valence-corrected chi connectivity index (χ4v) is 3.34. The predicted octanol–water partition coefficient (Wildman–Crippen LogP) is 2.18. The molecule has 0 amide bonds. The number of hydrogen-bond acceptors (Lipinski definition) is 5. The van der Waals surface area contributed by atoms with Crippen molar-refractivity contribution in [1.29, 1.82) is 0 Å². The second kappa shape index (κ2) is 6.40. The molecule has 1 aromatic rings. The lowest BCUT2D eigenvalue weighted by molar-refractivity contribution is 0.0293. The maximum atomic E-state index is 6.28. The molecule has 1 fully saturated rings. The molecule has 1 aromatic carbocycles. The van der Waals surface area contributed by atoms with Gasteiger partial charge in [0.05, 0.1) is 5.02 Å². The Bertz CT molecular complexity index is 506. The number of benzene rings is 1. The van der Waals surface area contributed by atoms with Crippen molar-refractivity contribution in [2.24, 2.45) is 5.73 Å². The molecule has 1 saturated heterocycles. The van der Waals surface area contributed by atoms with Gasteiger partial charge in [0.15, 0.2) is 11.5 Å². The molecule has 2 heterocycles. The first kappa shape index (κ1) is 14.9. The number of ether oxygens (including phenoxy) is 3. The lowest BCUT2D eigenvalue weighted by atomic mass is 10.00. The minimum Gasteiger partial charge on any atom is -0.454 e. The summed E-state index contributed by atoms with van der Waals surface area (Å²) in [6.45, 7) is 2.38. The third-order valence-electron chi connectivity index (χ3n) is 4.32. The third-order valence-corrected chi connectivity index (χ3v) is 4.60. The molecule has 2 aliphatic heterocycles. The Kier molecular flexibility index (Phi) is 4.54. The van der Waals surface area contributed by atoms with Crippen LogP contribution in [0.15, 0.2) is 12.1 Å². The van der Waals surface area contributed by atoms with Gasteiger partial charge in [0.2, 0.25) is 6.79 Å². The Morgan fingerprint density at radius 1 is 1.33 bits per heavy atom. The van der Waals surface area contributed by atoms with Crippen molar-refractivity contribution in [1.82, 2.24) is 4.90 Å². The zero-order chi connectivity index (χ0) is 14.8. The Morgan fingerprint density at radius 3 is 2.81 bits per heavy atom. The topological polar surface area (TPSA) is 57.0 Å². The molecule has 0 spiro atoms. The molecular formula is C15H21ClN2O3. The van der Waals surface area contributed by atoms with Crippen molar-refractivity contribution in [3.63, 3.8) is 0 Å². The largest absolute Gasteiger partial charge is 0.454 e. The molecule has 116 valence electrons. The number of halogens is 1. The first-order valence-corrected chi connectivity index (χ1v) is 7.67. The summed E-state index contributed by atoms with van der Waals surface area (Å²) in [7, 11) is 2.12. The summed E-state index contributed by atoms with van der Waals surface area (Å²) in [5.74, 6) is 1.33. The van der Waals surface area contributed by atoms with Gasteiger partial charge < -0.3 is 19.9 Å². The minimum atomic E-state index is 0.111. The van der Waals surface area contributed by atoms with Crippen LogP contribution in [0.5, 0.6) is 11.5 Å². The molecule has 0 aliphatic carbocycles. The van der Waals surface area contributed by atoms with Gasteiger partial charge in [-0.3, -0.25) is 4.90 Å². The first-order chi connectivity index (χ1) is 10.2. The molecule has 5 nitrogen and oxygen atoms in total. The number of likely N-dealkylation sites (N-methyl/N-ethyl adjacent to an activating group) is 1. The molecule has 0 bridgehead atoms. The summed E-state index contributed by atoms with van der Waals surface area (Å²) in [4.78, 5) is 2.33. The van der Waals surface area contributed by atoms with E-state index in [1.807, 2.05) is 12.1 Å². The molecule has 1 atom stereocenters. The van der Waals surface area contributed by atoms with E-state index in [9.17, 15) is 0 Å². The first-order valence-electron chi connectivity index (χ1n) is 7.29. The number of nitrogens with two attached hydrogens (primary N) is 1. The van der Waals surface area contributed by atoms with Crippen LogP contribution in [0.4, 0.5) is 0 Å². The monoisotopic (exact) mass is 312 g/mol. The van der Waals surface area contributed by atoms with E-state index >= 15 is 0 Å². The molecule has 6 heteroatoms. The van der Waals surface area contributed by atoms with Crippen LogP contribution in [-0.4, -0.2) is 44.5 Å². The van der Waals surface area contributed by atoms with Crippen LogP contribution in [-0.2, 0) is 4.74 Å². The van der Waals surface area contributed by atoms with Crippen LogP contribution >= 0.6 is 11.6 Å². The zero-order valence-electron chi connectivity index (χ0n) is 12.2. The molecule has 0 aromatic heterocycles. The lowest BCUT2D eigenvalue weighted by Gasteiger charge is -2.37. The van der Waals surface area contributed by atoms with E-state index in [2.05, 4.69) is 11.9 Å². The molecule has 0 radical (unpaired) electrons. The van der Waals surface area contributed by atoms with Gasteiger partial charge in [-0.1, -0.05) is 11.6 Å². The van der Waals surface area contributed by atoms with Crippen LogP contribution in [0.1, 0.15) is 24.4 Å². The smallest absolute Gasteiger partial charge is 0.231 e. The van der Waals surface area contributed by atoms with Gasteiger partial charge in [0, 0.05) is 31.8 Å². The van der Waals surface area contributed by atoms with E-state index in [1.165, 1.54) is 0 Å². The van der Waals surface area contributed by atoms with Crippen LogP contribution < -0.4 is 15.2 Å². The van der Waals surface area contributed by atoms with Crippen molar-refractivity contribution in [3.05, 3.63) is 22.7 Å². The van der Waals surface area contributed by atoms with E-state index in [4.69, 9.17) is 31.5 Å². The predicted molar refractivity (Wildman–Crippen MR) is 81.0 cm³/mol. The SMILES string of the molecule is CN(C1CCOCC1)C(CN)c1cc(Cl)c2c(c1)OCO2. The highest BCUT2D eigenvalue weighted by molar-refractivity contribution is 6.32. The van der Waals surface area contributed by atoms with E-state index in [-0.39, 0.29) is 12.8 Å². The quantitative estimate of drug-likeness (QED) is 0.923. The summed E-state index contributed by atoms with van der Waals surface area (Å²) >= 11 is 6.28. The zero-order valence-corrected chi connectivity index (χ0v) is 12.9. The van der Waals surface area contributed by atoms with E-state index in [0.717, 1.165) is 31.6 Å². The summed E-state index contributed by atoms with van der Waals surface area (Å²) in [5.41, 5.74) is 7.09. The van der Waals surface area contributed by atoms with Gasteiger partial charge in [-0.15, -0.1) is 0 Å². The standard InChI is InChI=1S/C15H21ClN2O3/c1-18(11-2-4-19-5-3-11)13(8-17)10-6-12(16)15-14(7-10)20-9-21-15/h6-7,11,13H,2-5,8-9,17H2,1H3. The molecule has 1 unspecified atom stereocenters. The summed E-state index contributed by atoms with van der Waals surface area (Å²) in [5, 5.41) is 0.582. The number of rotatable bonds is 4. The minimum absolute atomic E-state index is 0.111. The lowest BCUT2D eigenvalue weighted by Crippen LogP contribution is -2.41. The normalized spacial score (nSPS) is 20.0. The van der Waals surface area contributed by atoms with Gasteiger partial charge >= 0.3 is 0 Å². The number of hydrogen-bond donors (Lipinski definition) is 1. The fourth-order valence-electron chi connectivity index (χ4n) is 3.06. The van der Waals surface area contributed by atoms with Crippen molar-refractivity contribution >= 4 is 11.6 Å². The second-order valence-corrected chi connectivity index (χ2v) is 5.90. The van der Waals surface area contributed by atoms with Gasteiger partial charge in [-0.25, -0.2) is 0 Å². The third kappa shape index (κ3) is 2.97. The maximum absolute atomic E-state index is 6.28. The van der Waals surface area contributed by atoms with Gasteiger partial charge in [-0.2, -0.15) is 0 Å². The molecule has 21 heavy (non-hydrogen) atoms. The molecule has 0 saturated carbocycles. The molecule has 3 rings (SSSR count). The van der Waals surface area contributed by atoms with Crippen LogP contribution in [0, 0.1) is 0 Å². The maximum Gasteiger partial charge on any atom is 0.231 e. The van der Waals surface area contributed by atoms with Gasteiger partial charge in [-0.05, 0) is 37.6 Å². The summed E-state index contributed by atoms with van der Waals surface area (Å²) < 4.78 is 16.2. The van der Waals surface area contributed by atoms with Gasteiger partial charge in [0.1, 0.15) is 0 Å². The van der Waals surface area contributed by atoms with Crippen LogP contribution in [0.2, 0.25) is 5.02 Å². The Hall–Kier alpha value is -1.01. The van der Waals surface area contributed by atoms with Crippen molar-refractivity contribution in [2.75, 3.05) is 33.6 Å². The highest BCUT2D eigenvalue weighted by Crippen LogP contribution is 2.42. The van der Waals surface area contributed by atoms with Crippen molar-refractivity contribution in [3.8, 4) is 11.5 Å². The molecular weight excluding hydrogens is 292 g/mol. The number of nitrogens with zero attached hydrogens (tertiary/aromatic N) is 1. The average molecular weight is 313 g/mol. The Balaban J connectivity index is 1.84. The Labute approximate surface area is 129 Å². The molecule has 2 N–H and O–H groups in total. The van der Waals surface area contributed by atoms with E-state index in [0.29, 0.717) is 29.1 Å². The van der Waals surface area contributed by atoms with Gasteiger partial charge in [0.25, 0.3) is 0 Å². The fraction of sp³-hybridized carbons (Fsp3) is 0.600. The molecule has 2 aliphatic rings. The van der Waals surface area contributed by atoms with Crippen LogP contribution in [0.25, 0.3) is 0 Å². The second-order valence-electron chi connectivity index (χ2n) is 5.50. The number of fused-ring (bicyclic) bond motifs is 1. The highest BCUT2D eigenvalue weighted by atomic mass is 35.5. The van der Waals surface area contributed by atoms with E-state index in [1.54, 1.807) is 0 Å². The Morgan fingerprint density at radius 2 is 2.10 bits per heavy atom. The summed E-state index contributed by atoms with van der Waals surface area (Å²) in [6.07, 6.45) is 2.07.